The van der Waals surface area contributed by atoms with Gasteiger partial charge in [0.05, 0.1) is 12.4 Å². The molecule has 22 heavy (non-hydrogen) atoms. The van der Waals surface area contributed by atoms with Crippen molar-refractivity contribution >= 4 is 23.1 Å². The highest BCUT2D eigenvalue weighted by Crippen LogP contribution is 2.23. The molecule has 0 amide bonds. The van der Waals surface area contributed by atoms with Crippen LogP contribution in [0.1, 0.15) is 0 Å². The zero-order valence-electron chi connectivity index (χ0n) is 11.8. The summed E-state index contributed by atoms with van der Waals surface area (Å²) in [5, 5.41) is 0. The number of para-hydroxylation sites is 2. The van der Waals surface area contributed by atoms with Gasteiger partial charge in [-0.25, -0.2) is 14.4 Å². The summed E-state index contributed by atoms with van der Waals surface area (Å²) in [6.45, 7) is 3.00. The first-order valence-electron chi connectivity index (χ1n) is 7.12. The van der Waals surface area contributed by atoms with Gasteiger partial charge in [0.2, 0.25) is 5.95 Å². The molecule has 1 fully saturated rings. The first-order chi connectivity index (χ1) is 10.8. The van der Waals surface area contributed by atoms with E-state index in [9.17, 15) is 4.39 Å². The molecule has 0 unspecified atom stereocenters. The number of nitrogens with zero attached hydrogens (tertiary/aromatic N) is 5. The van der Waals surface area contributed by atoms with Crippen LogP contribution < -0.4 is 9.80 Å². The van der Waals surface area contributed by atoms with Crippen LogP contribution in [0.25, 0.3) is 11.1 Å². The Balaban J connectivity index is 1.48. The Morgan fingerprint density at radius 1 is 0.955 bits per heavy atom. The van der Waals surface area contributed by atoms with Gasteiger partial charge in [-0.1, -0.05) is 12.1 Å². The molecule has 7 heteroatoms. The largest absolute Gasteiger partial charge is 0.423 e. The molecule has 0 spiro atoms. The van der Waals surface area contributed by atoms with E-state index in [1.807, 2.05) is 29.2 Å². The van der Waals surface area contributed by atoms with Crippen molar-refractivity contribution in [2.45, 2.75) is 0 Å². The third kappa shape index (κ3) is 2.34. The lowest BCUT2D eigenvalue weighted by Gasteiger charge is -2.33. The number of rotatable bonds is 2. The molecule has 112 valence electrons. The van der Waals surface area contributed by atoms with Crippen molar-refractivity contribution in [3.63, 3.8) is 0 Å². The van der Waals surface area contributed by atoms with Gasteiger partial charge in [0.1, 0.15) is 5.52 Å². The molecular weight excluding hydrogens is 285 g/mol. The summed E-state index contributed by atoms with van der Waals surface area (Å²) in [5.41, 5.74) is 1.66. The molecular formula is C15H14FN5O. The van der Waals surface area contributed by atoms with E-state index < -0.39 is 5.82 Å². The number of aromatic nitrogens is 3. The molecule has 0 N–H and O–H groups in total. The van der Waals surface area contributed by atoms with Gasteiger partial charge in [-0.15, -0.1) is 0 Å². The fourth-order valence-electron chi connectivity index (χ4n) is 2.56. The molecule has 0 aliphatic carbocycles. The van der Waals surface area contributed by atoms with Gasteiger partial charge < -0.3 is 14.2 Å². The molecule has 1 aliphatic rings. The number of oxazole rings is 1. The van der Waals surface area contributed by atoms with Crippen LogP contribution in [0, 0.1) is 5.82 Å². The average Bonchev–Trinajstić information content (AvgIpc) is 3.00. The van der Waals surface area contributed by atoms with Gasteiger partial charge in [0.15, 0.2) is 11.4 Å². The van der Waals surface area contributed by atoms with Crippen molar-refractivity contribution in [3.8, 4) is 0 Å². The van der Waals surface area contributed by atoms with E-state index in [0.717, 1.165) is 37.3 Å². The Morgan fingerprint density at radius 3 is 2.36 bits per heavy atom. The smallest absolute Gasteiger partial charge is 0.298 e. The van der Waals surface area contributed by atoms with Crippen LogP contribution in [-0.2, 0) is 0 Å². The standard InChI is InChI=1S/C15H14FN5O/c16-11-9-17-14(18-10-11)20-5-7-21(8-6-20)15-19-12-3-1-2-4-13(12)22-15/h1-4,9-10H,5-8H2. The van der Waals surface area contributed by atoms with Crippen molar-refractivity contribution in [2.75, 3.05) is 36.0 Å². The quantitative estimate of drug-likeness (QED) is 0.722. The van der Waals surface area contributed by atoms with Gasteiger partial charge in [0.25, 0.3) is 6.01 Å². The Hall–Kier alpha value is -2.70. The van der Waals surface area contributed by atoms with Crippen LogP contribution in [-0.4, -0.2) is 41.1 Å². The van der Waals surface area contributed by atoms with Crippen molar-refractivity contribution in [1.29, 1.82) is 0 Å². The van der Waals surface area contributed by atoms with E-state index in [1.54, 1.807) is 0 Å². The predicted molar refractivity (Wildman–Crippen MR) is 80.4 cm³/mol. The second kappa shape index (κ2) is 5.25. The van der Waals surface area contributed by atoms with Gasteiger partial charge >= 0.3 is 0 Å². The number of halogens is 1. The Kier molecular flexibility index (Phi) is 3.10. The number of hydrogen-bond acceptors (Lipinski definition) is 6. The minimum absolute atomic E-state index is 0.422. The Labute approximate surface area is 126 Å². The predicted octanol–water partition coefficient (Wildman–Crippen LogP) is 2.08. The Bertz CT molecular complexity index is 747. The molecule has 4 rings (SSSR count). The summed E-state index contributed by atoms with van der Waals surface area (Å²) < 4.78 is 18.6. The normalized spacial score (nSPS) is 15.5. The highest BCUT2D eigenvalue weighted by molar-refractivity contribution is 5.74. The minimum atomic E-state index is -0.422. The first kappa shape index (κ1) is 13.0. The third-order valence-electron chi connectivity index (χ3n) is 3.72. The SMILES string of the molecule is Fc1cnc(N2CCN(c3nc4ccccc4o3)CC2)nc1. The topological polar surface area (TPSA) is 58.3 Å². The summed E-state index contributed by atoms with van der Waals surface area (Å²) in [6.07, 6.45) is 2.38. The number of fused-ring (bicyclic) bond motifs is 1. The molecule has 0 atom stereocenters. The molecule has 1 saturated heterocycles. The number of hydrogen-bond donors (Lipinski definition) is 0. The number of piperazine rings is 1. The molecule has 3 heterocycles. The van der Waals surface area contributed by atoms with E-state index in [0.29, 0.717) is 12.0 Å². The van der Waals surface area contributed by atoms with Gasteiger partial charge in [-0.2, -0.15) is 4.98 Å². The van der Waals surface area contributed by atoms with Crippen LogP contribution in [0.2, 0.25) is 0 Å². The lowest BCUT2D eigenvalue weighted by Crippen LogP contribution is -2.47. The van der Waals surface area contributed by atoms with Crippen molar-refractivity contribution in [2.24, 2.45) is 0 Å². The lowest BCUT2D eigenvalue weighted by molar-refractivity contribution is 0.537. The number of benzene rings is 1. The van der Waals surface area contributed by atoms with Crippen LogP contribution in [0.3, 0.4) is 0 Å². The highest BCUT2D eigenvalue weighted by atomic mass is 19.1. The summed E-state index contributed by atoms with van der Waals surface area (Å²) in [5.74, 6) is 0.132. The van der Waals surface area contributed by atoms with Gasteiger partial charge in [0, 0.05) is 26.2 Å². The summed E-state index contributed by atoms with van der Waals surface area (Å²) in [4.78, 5) is 16.7. The first-order valence-corrected chi connectivity index (χ1v) is 7.12. The molecule has 2 aromatic heterocycles. The van der Waals surface area contributed by atoms with Gasteiger partial charge in [-0.05, 0) is 12.1 Å². The van der Waals surface area contributed by atoms with Gasteiger partial charge in [-0.3, -0.25) is 0 Å². The Morgan fingerprint density at radius 2 is 1.64 bits per heavy atom. The highest BCUT2D eigenvalue weighted by Gasteiger charge is 2.22. The maximum Gasteiger partial charge on any atom is 0.298 e. The lowest BCUT2D eigenvalue weighted by atomic mass is 10.3. The zero-order valence-corrected chi connectivity index (χ0v) is 11.8. The van der Waals surface area contributed by atoms with E-state index in [1.165, 1.54) is 12.4 Å². The second-order valence-corrected chi connectivity index (χ2v) is 5.14. The maximum absolute atomic E-state index is 12.9. The van der Waals surface area contributed by atoms with Crippen LogP contribution in [0.4, 0.5) is 16.4 Å². The van der Waals surface area contributed by atoms with Crippen molar-refractivity contribution in [1.82, 2.24) is 15.0 Å². The molecule has 0 bridgehead atoms. The van der Waals surface area contributed by atoms with E-state index in [2.05, 4.69) is 19.9 Å². The van der Waals surface area contributed by atoms with Crippen molar-refractivity contribution in [3.05, 3.63) is 42.5 Å². The number of anilines is 2. The van der Waals surface area contributed by atoms with Crippen LogP contribution in [0.5, 0.6) is 0 Å². The minimum Gasteiger partial charge on any atom is -0.423 e. The van der Waals surface area contributed by atoms with Crippen molar-refractivity contribution < 1.29 is 8.81 Å². The monoisotopic (exact) mass is 299 g/mol. The van der Waals surface area contributed by atoms with E-state index >= 15 is 0 Å². The second-order valence-electron chi connectivity index (χ2n) is 5.14. The van der Waals surface area contributed by atoms with E-state index in [-0.39, 0.29) is 0 Å². The summed E-state index contributed by atoms with van der Waals surface area (Å²) in [6, 6.07) is 8.36. The van der Waals surface area contributed by atoms with Crippen LogP contribution >= 0.6 is 0 Å². The molecule has 1 aromatic carbocycles. The summed E-state index contributed by atoms with van der Waals surface area (Å²) >= 11 is 0. The zero-order chi connectivity index (χ0) is 14.9. The molecule has 0 saturated carbocycles. The fourth-order valence-corrected chi connectivity index (χ4v) is 2.56. The molecule has 0 radical (unpaired) electrons. The van der Waals surface area contributed by atoms with Crippen LogP contribution in [0.15, 0.2) is 41.1 Å². The summed E-state index contributed by atoms with van der Waals surface area (Å²) in [7, 11) is 0. The average molecular weight is 299 g/mol. The maximum atomic E-state index is 12.9. The molecule has 6 nitrogen and oxygen atoms in total. The fraction of sp³-hybridized carbons (Fsp3) is 0.267. The van der Waals surface area contributed by atoms with E-state index in [4.69, 9.17) is 4.42 Å². The molecule has 1 aliphatic heterocycles. The molecule has 3 aromatic rings. The third-order valence-corrected chi connectivity index (χ3v) is 3.72.